The van der Waals surface area contributed by atoms with E-state index in [4.69, 9.17) is 8.85 Å². The van der Waals surface area contributed by atoms with Gasteiger partial charge in [-0.3, -0.25) is 0 Å². The van der Waals surface area contributed by atoms with Gasteiger partial charge in [-0.25, -0.2) is 0 Å². The maximum Gasteiger partial charge on any atom is 0.162 e. The van der Waals surface area contributed by atoms with E-state index in [2.05, 4.69) is 6.92 Å². The summed E-state index contributed by atoms with van der Waals surface area (Å²) < 4.78 is 10.1. The fraction of sp³-hybridized carbons (Fsp3) is 1.00. The summed E-state index contributed by atoms with van der Waals surface area (Å²) in [5.41, 5.74) is 0. The minimum atomic E-state index is -0.228. The first kappa shape index (κ1) is 8.35. The van der Waals surface area contributed by atoms with Gasteiger partial charge in [-0.15, -0.1) is 0 Å². The van der Waals surface area contributed by atoms with Gasteiger partial charge >= 0.3 is 0 Å². The molecule has 0 aromatic heterocycles. The Morgan fingerprint density at radius 1 is 1.12 bits per heavy atom. The largest absolute Gasteiger partial charge is 0.427 e. The molecule has 4 heteroatoms. The van der Waals surface area contributed by atoms with Crippen LogP contribution in [0.2, 0.25) is 5.16 Å². The highest BCUT2D eigenvalue weighted by Gasteiger charge is 2.00. The van der Waals surface area contributed by atoms with Crippen molar-refractivity contribution >= 4 is 19.5 Å². The molecular weight excluding hydrogens is 136 g/mol. The van der Waals surface area contributed by atoms with Crippen LogP contribution < -0.4 is 0 Å². The Morgan fingerprint density at radius 3 is 1.75 bits per heavy atom. The summed E-state index contributed by atoms with van der Waals surface area (Å²) in [6.45, 7) is 2.21. The molecule has 0 atom stereocenters. The molecule has 0 unspecified atom stereocenters. The lowest BCUT2D eigenvalue weighted by Crippen LogP contribution is -2.11. The second-order valence-corrected chi connectivity index (χ2v) is 7.78. The summed E-state index contributed by atoms with van der Waals surface area (Å²) in [5.74, 6) is 0. The number of rotatable bonds is 4. The highest BCUT2D eigenvalue weighted by atomic mass is 28.3. The van der Waals surface area contributed by atoms with Gasteiger partial charge in [0, 0.05) is 14.2 Å². The highest BCUT2D eigenvalue weighted by molar-refractivity contribution is 6.51. The first-order valence-electron chi connectivity index (χ1n) is 2.79. The van der Waals surface area contributed by atoms with Crippen molar-refractivity contribution in [3.63, 3.8) is 0 Å². The zero-order valence-corrected chi connectivity index (χ0v) is 8.64. The molecule has 0 aromatic carbocycles. The van der Waals surface area contributed by atoms with E-state index >= 15 is 0 Å². The van der Waals surface area contributed by atoms with E-state index in [0.717, 1.165) is 5.16 Å². The summed E-state index contributed by atoms with van der Waals surface area (Å²) in [6, 6.07) is 0. The Hall–Kier alpha value is 0.354. The van der Waals surface area contributed by atoms with Gasteiger partial charge in [-0.1, -0.05) is 6.92 Å². The fourth-order valence-corrected chi connectivity index (χ4v) is 3.55. The average Bonchev–Trinajstić information content (AvgIpc) is 1.68. The van der Waals surface area contributed by atoms with Crippen molar-refractivity contribution in [3.8, 4) is 0 Å². The Morgan fingerprint density at radius 2 is 1.50 bits per heavy atom. The van der Waals surface area contributed by atoms with Crippen LogP contribution in [0, 0.1) is 0 Å². The quantitative estimate of drug-likeness (QED) is 0.489. The molecule has 0 amide bonds. The molecule has 0 aliphatic heterocycles. The molecule has 0 aromatic rings. The van der Waals surface area contributed by atoms with Gasteiger partial charge in [0.1, 0.15) is 0 Å². The minimum Gasteiger partial charge on any atom is -0.427 e. The molecule has 8 heavy (non-hydrogen) atoms. The maximum atomic E-state index is 5.05. The van der Waals surface area contributed by atoms with Crippen molar-refractivity contribution in [1.82, 2.24) is 0 Å². The Labute approximate surface area is 55.5 Å². The monoisotopic (exact) mass is 150 g/mol. The van der Waals surface area contributed by atoms with Crippen molar-refractivity contribution in [2.45, 2.75) is 12.1 Å². The second-order valence-electron chi connectivity index (χ2n) is 2.02. The zero-order chi connectivity index (χ0) is 6.41. The van der Waals surface area contributed by atoms with Crippen LogP contribution in [0.4, 0.5) is 0 Å². The number of hydrogen-bond donors (Lipinski definition) is 0. The fourth-order valence-electron chi connectivity index (χ4n) is 0.617. The molecule has 0 bridgehead atoms. The van der Waals surface area contributed by atoms with Crippen molar-refractivity contribution in [1.29, 1.82) is 0 Å². The van der Waals surface area contributed by atoms with E-state index in [0.29, 0.717) is 0 Å². The Bertz CT molecular complexity index is 45.3. The predicted octanol–water partition coefficient (Wildman–Crippen LogP) is -0.787. The lowest BCUT2D eigenvalue weighted by Gasteiger charge is -2.04. The van der Waals surface area contributed by atoms with Crippen molar-refractivity contribution in [3.05, 3.63) is 0 Å². The van der Waals surface area contributed by atoms with Gasteiger partial charge in [0.15, 0.2) is 19.5 Å². The zero-order valence-electron chi connectivity index (χ0n) is 5.81. The van der Waals surface area contributed by atoms with Gasteiger partial charge in [-0.2, -0.15) is 0 Å². The molecule has 0 heterocycles. The van der Waals surface area contributed by atoms with Crippen LogP contribution in [-0.4, -0.2) is 33.7 Å². The third kappa shape index (κ3) is 4.51. The topological polar surface area (TPSA) is 18.5 Å². The third-order valence-electron chi connectivity index (χ3n) is 0.902. The lowest BCUT2D eigenvalue weighted by molar-refractivity contribution is 0.420. The molecule has 0 spiro atoms. The Kier molecular flexibility index (Phi) is 5.73. The minimum absolute atomic E-state index is 0.228. The molecule has 0 rings (SSSR count). The standard InChI is InChI=1S/C4H14O2Si2/c1-4(7-5-2)8-6-3/h4H,7-8H2,1-3H3. The van der Waals surface area contributed by atoms with Crippen molar-refractivity contribution < 1.29 is 8.85 Å². The molecular formula is C4H14O2Si2. The molecule has 0 saturated heterocycles. The normalized spacial score (nSPS) is 16.9. The second kappa shape index (κ2) is 5.49. The van der Waals surface area contributed by atoms with E-state index in [-0.39, 0.29) is 19.5 Å². The first-order valence-corrected chi connectivity index (χ1v) is 5.58. The van der Waals surface area contributed by atoms with E-state index in [1.165, 1.54) is 0 Å². The van der Waals surface area contributed by atoms with Crippen molar-refractivity contribution in [2.75, 3.05) is 14.2 Å². The lowest BCUT2D eigenvalue weighted by atomic mass is 11.0. The molecule has 0 saturated carbocycles. The predicted molar refractivity (Wildman–Crippen MR) is 40.5 cm³/mol. The molecule has 0 aliphatic rings. The maximum absolute atomic E-state index is 5.05. The third-order valence-corrected chi connectivity index (χ3v) is 4.12. The Balaban J connectivity index is 2.92. The van der Waals surface area contributed by atoms with E-state index < -0.39 is 0 Å². The number of hydrogen-bond acceptors (Lipinski definition) is 2. The van der Waals surface area contributed by atoms with Crippen LogP contribution in [0.25, 0.3) is 0 Å². The van der Waals surface area contributed by atoms with E-state index in [1.54, 1.807) is 14.2 Å². The molecule has 0 fully saturated rings. The molecule has 0 radical (unpaired) electrons. The highest BCUT2D eigenvalue weighted by Crippen LogP contribution is 1.95. The summed E-state index contributed by atoms with van der Waals surface area (Å²) in [6.07, 6.45) is 0. The molecule has 0 N–H and O–H groups in total. The van der Waals surface area contributed by atoms with Crippen LogP contribution in [0.5, 0.6) is 0 Å². The van der Waals surface area contributed by atoms with E-state index in [1.807, 2.05) is 0 Å². The summed E-state index contributed by atoms with van der Waals surface area (Å²) in [7, 11) is 3.11. The van der Waals surface area contributed by atoms with Gasteiger partial charge in [0.2, 0.25) is 0 Å². The molecule has 0 aliphatic carbocycles. The first-order chi connectivity index (χ1) is 3.81. The van der Waals surface area contributed by atoms with Crippen molar-refractivity contribution in [2.24, 2.45) is 0 Å². The summed E-state index contributed by atoms with van der Waals surface area (Å²) in [5, 5.41) is 0.796. The van der Waals surface area contributed by atoms with Gasteiger partial charge in [0.25, 0.3) is 0 Å². The van der Waals surface area contributed by atoms with Gasteiger partial charge < -0.3 is 8.85 Å². The average molecular weight is 150 g/mol. The summed E-state index contributed by atoms with van der Waals surface area (Å²) in [4.78, 5) is 0. The summed E-state index contributed by atoms with van der Waals surface area (Å²) >= 11 is 0. The van der Waals surface area contributed by atoms with Gasteiger partial charge in [-0.05, 0) is 5.16 Å². The van der Waals surface area contributed by atoms with Crippen LogP contribution in [0.1, 0.15) is 6.92 Å². The van der Waals surface area contributed by atoms with E-state index in [9.17, 15) is 0 Å². The van der Waals surface area contributed by atoms with Crippen LogP contribution in [0.3, 0.4) is 0 Å². The van der Waals surface area contributed by atoms with Gasteiger partial charge in [0.05, 0.1) is 0 Å². The molecule has 50 valence electrons. The smallest absolute Gasteiger partial charge is 0.162 e. The SMILES string of the molecule is CO[SiH2]C(C)[SiH2]OC. The molecule has 2 nitrogen and oxygen atoms in total. The van der Waals surface area contributed by atoms with Crippen LogP contribution >= 0.6 is 0 Å². The van der Waals surface area contributed by atoms with Crippen LogP contribution in [-0.2, 0) is 8.85 Å². The van der Waals surface area contributed by atoms with Crippen LogP contribution in [0.15, 0.2) is 0 Å².